The van der Waals surface area contributed by atoms with Crippen LogP contribution >= 0.6 is 11.6 Å². The Labute approximate surface area is 91.2 Å². The molecule has 0 amide bonds. The second kappa shape index (κ2) is 3.98. The zero-order valence-electron chi connectivity index (χ0n) is 8.38. The largest absolute Gasteiger partial charge is 0.244 e. The van der Waals surface area contributed by atoms with E-state index in [1.54, 1.807) is 10.9 Å². The molecular formula is C8H10ClN5O. The summed E-state index contributed by atoms with van der Waals surface area (Å²) in [6, 6.07) is 0. The van der Waals surface area contributed by atoms with Gasteiger partial charge in [0.15, 0.2) is 0 Å². The Hall–Kier alpha value is -1.43. The van der Waals surface area contributed by atoms with E-state index in [0.717, 1.165) is 17.1 Å². The lowest BCUT2D eigenvalue weighted by Crippen LogP contribution is -2.08. The van der Waals surface area contributed by atoms with Crippen LogP contribution in [0.25, 0.3) is 0 Å². The van der Waals surface area contributed by atoms with Gasteiger partial charge in [-0.25, -0.2) is 9.31 Å². The smallest absolute Gasteiger partial charge is 0.129 e. The van der Waals surface area contributed by atoms with Crippen molar-refractivity contribution >= 4 is 11.6 Å². The fraction of sp³-hybridized carbons (Fsp3) is 0.500. The van der Waals surface area contributed by atoms with E-state index in [0.29, 0.717) is 6.54 Å². The summed E-state index contributed by atoms with van der Waals surface area (Å²) in [5.74, 6) is 0. The lowest BCUT2D eigenvalue weighted by molar-refractivity contribution is 0.300. The highest BCUT2D eigenvalue weighted by molar-refractivity contribution is 6.20. The van der Waals surface area contributed by atoms with E-state index in [1.165, 1.54) is 0 Å². The average Bonchev–Trinajstić information content (AvgIpc) is 2.77. The van der Waals surface area contributed by atoms with Crippen molar-refractivity contribution in [3.8, 4) is 0 Å². The maximum atomic E-state index is 5.97. The van der Waals surface area contributed by atoms with Crippen molar-refractivity contribution in [1.29, 1.82) is 0 Å². The molecule has 0 fully saturated rings. The molecule has 0 bridgehead atoms. The maximum absolute atomic E-state index is 5.97. The Kier molecular flexibility index (Phi) is 2.68. The summed E-state index contributed by atoms with van der Waals surface area (Å²) < 4.78 is 6.28. The monoisotopic (exact) mass is 227 g/mol. The third kappa shape index (κ3) is 1.99. The Balaban J connectivity index is 2.25. The Morgan fingerprint density at radius 3 is 2.93 bits per heavy atom. The molecule has 80 valence electrons. The van der Waals surface area contributed by atoms with Gasteiger partial charge in [0.05, 0.1) is 23.8 Å². The second-order valence-electron chi connectivity index (χ2n) is 3.23. The number of nitrogens with zero attached hydrogens (tertiary/aromatic N) is 5. The summed E-state index contributed by atoms with van der Waals surface area (Å²) in [7, 11) is 0. The summed E-state index contributed by atoms with van der Waals surface area (Å²) in [5.41, 5.74) is 2.33. The number of alkyl halides is 1. The van der Waals surface area contributed by atoms with E-state index < -0.39 is 0 Å². The van der Waals surface area contributed by atoms with Crippen molar-refractivity contribution < 1.29 is 4.63 Å². The quantitative estimate of drug-likeness (QED) is 0.740. The van der Waals surface area contributed by atoms with E-state index in [-0.39, 0.29) is 5.38 Å². The van der Waals surface area contributed by atoms with Gasteiger partial charge in [-0.3, -0.25) is 0 Å². The molecule has 7 heteroatoms. The lowest BCUT2D eigenvalue weighted by Gasteiger charge is -2.04. The fourth-order valence-electron chi connectivity index (χ4n) is 1.23. The van der Waals surface area contributed by atoms with Crippen LogP contribution in [0.5, 0.6) is 0 Å². The third-order valence-electron chi connectivity index (χ3n) is 2.10. The van der Waals surface area contributed by atoms with Gasteiger partial charge in [-0.1, -0.05) is 15.5 Å². The lowest BCUT2D eigenvalue weighted by atomic mass is 10.3. The minimum atomic E-state index is -0.139. The summed E-state index contributed by atoms with van der Waals surface area (Å²) in [6.07, 6.45) is 1.64. The van der Waals surface area contributed by atoms with Gasteiger partial charge in [0, 0.05) is 0 Å². The second-order valence-corrected chi connectivity index (χ2v) is 3.88. The number of hydrogen-bond acceptors (Lipinski definition) is 5. The normalized spacial score (nSPS) is 13.0. The van der Waals surface area contributed by atoms with Crippen molar-refractivity contribution in [1.82, 2.24) is 25.3 Å². The molecule has 2 heterocycles. The first-order valence-electron chi connectivity index (χ1n) is 4.49. The van der Waals surface area contributed by atoms with Crippen LogP contribution in [0.15, 0.2) is 10.8 Å². The zero-order valence-corrected chi connectivity index (χ0v) is 9.14. The van der Waals surface area contributed by atoms with Crippen LogP contribution in [0.3, 0.4) is 0 Å². The van der Waals surface area contributed by atoms with Crippen molar-refractivity contribution in [2.24, 2.45) is 0 Å². The first-order valence-corrected chi connectivity index (χ1v) is 4.92. The molecule has 0 spiro atoms. The minimum Gasteiger partial charge on any atom is -0.244 e. The van der Waals surface area contributed by atoms with Crippen LogP contribution in [0.4, 0.5) is 0 Å². The molecule has 0 aliphatic heterocycles. The van der Waals surface area contributed by atoms with Crippen LogP contribution in [0, 0.1) is 6.92 Å². The van der Waals surface area contributed by atoms with Gasteiger partial charge in [0.25, 0.3) is 0 Å². The summed E-state index contributed by atoms with van der Waals surface area (Å²) in [6.45, 7) is 4.17. The molecule has 6 nitrogen and oxygen atoms in total. The predicted octanol–water partition coefficient (Wildman–Crippen LogP) is 1.32. The Morgan fingerprint density at radius 2 is 2.33 bits per heavy atom. The molecule has 2 aromatic heterocycles. The van der Waals surface area contributed by atoms with Gasteiger partial charge >= 0.3 is 0 Å². The molecule has 0 aliphatic rings. The van der Waals surface area contributed by atoms with Gasteiger partial charge < -0.3 is 0 Å². The molecule has 2 rings (SSSR count). The number of halogens is 1. The zero-order chi connectivity index (χ0) is 10.8. The van der Waals surface area contributed by atoms with Crippen molar-refractivity contribution in [3.05, 3.63) is 23.3 Å². The van der Waals surface area contributed by atoms with E-state index in [9.17, 15) is 0 Å². The third-order valence-corrected chi connectivity index (χ3v) is 2.32. The Morgan fingerprint density at radius 1 is 1.53 bits per heavy atom. The van der Waals surface area contributed by atoms with Gasteiger partial charge in [0.2, 0.25) is 0 Å². The predicted molar refractivity (Wildman–Crippen MR) is 52.4 cm³/mol. The number of aromatic nitrogens is 5. The van der Waals surface area contributed by atoms with Crippen LogP contribution in [-0.2, 0) is 6.54 Å². The Bertz CT molecular complexity index is 449. The highest BCUT2D eigenvalue weighted by Gasteiger charge is 2.13. The first-order chi connectivity index (χ1) is 7.18. The van der Waals surface area contributed by atoms with Crippen LogP contribution < -0.4 is 0 Å². The highest BCUT2D eigenvalue weighted by atomic mass is 35.5. The summed E-state index contributed by atoms with van der Waals surface area (Å²) >= 11 is 5.97. The van der Waals surface area contributed by atoms with Crippen LogP contribution in [0.1, 0.15) is 29.4 Å². The SMILES string of the molecule is Cc1nonc1Cn1nncc1C(C)Cl. The molecule has 1 atom stereocenters. The standard InChI is InChI=1S/C8H10ClN5O/c1-5(9)8-3-10-13-14(8)4-7-6(2)11-15-12-7/h3,5H,4H2,1-2H3. The molecule has 0 saturated carbocycles. The number of hydrogen-bond donors (Lipinski definition) is 0. The van der Waals surface area contributed by atoms with Crippen molar-refractivity contribution in [3.63, 3.8) is 0 Å². The number of rotatable bonds is 3. The van der Waals surface area contributed by atoms with E-state index in [1.807, 2.05) is 13.8 Å². The molecule has 0 aromatic carbocycles. The number of aryl methyl sites for hydroxylation is 1. The van der Waals surface area contributed by atoms with Crippen molar-refractivity contribution in [2.45, 2.75) is 25.8 Å². The molecule has 0 N–H and O–H groups in total. The molecular weight excluding hydrogens is 218 g/mol. The summed E-state index contributed by atoms with van der Waals surface area (Å²) in [5, 5.41) is 15.1. The average molecular weight is 228 g/mol. The van der Waals surface area contributed by atoms with Gasteiger partial charge in [-0.2, -0.15) is 0 Å². The molecule has 0 radical (unpaired) electrons. The van der Waals surface area contributed by atoms with Crippen molar-refractivity contribution in [2.75, 3.05) is 0 Å². The topological polar surface area (TPSA) is 69.6 Å². The molecule has 1 unspecified atom stereocenters. The molecule has 2 aromatic rings. The molecule has 0 aliphatic carbocycles. The minimum absolute atomic E-state index is 0.139. The van der Waals surface area contributed by atoms with E-state index in [4.69, 9.17) is 11.6 Å². The van der Waals surface area contributed by atoms with Crippen LogP contribution in [-0.4, -0.2) is 25.3 Å². The highest BCUT2D eigenvalue weighted by Crippen LogP contribution is 2.18. The van der Waals surface area contributed by atoms with Gasteiger partial charge in [-0.05, 0) is 13.8 Å². The first kappa shape index (κ1) is 10.1. The summed E-state index contributed by atoms with van der Waals surface area (Å²) in [4.78, 5) is 0. The maximum Gasteiger partial charge on any atom is 0.129 e. The van der Waals surface area contributed by atoms with Gasteiger partial charge in [-0.15, -0.1) is 16.7 Å². The van der Waals surface area contributed by atoms with E-state index in [2.05, 4.69) is 25.3 Å². The fourth-order valence-corrected chi connectivity index (χ4v) is 1.40. The molecule has 0 saturated heterocycles. The van der Waals surface area contributed by atoms with Crippen LogP contribution in [0.2, 0.25) is 0 Å². The molecule has 15 heavy (non-hydrogen) atoms. The van der Waals surface area contributed by atoms with Gasteiger partial charge in [0.1, 0.15) is 11.4 Å². The van der Waals surface area contributed by atoms with E-state index >= 15 is 0 Å².